The van der Waals surface area contributed by atoms with Crippen molar-refractivity contribution in [3.05, 3.63) is 80.5 Å². The summed E-state index contributed by atoms with van der Waals surface area (Å²) in [5.74, 6) is 0. The lowest BCUT2D eigenvalue weighted by Gasteiger charge is -2.13. The standard InChI is InChI=1S/C23H21N7O2S/c1-29(12-15-4-3-5-18-16(15)10-25-28-18)26-11-17-19(13-31)30(2)23-22(17)33-21(27-23)8-14-6-7-20(32)24-9-14/h3-7,9-11,13H,8,12H2,1-2H3,(H,24,32)(H,25,28)/b26-11-. The molecule has 0 unspecified atom stereocenters. The molecule has 5 aromatic rings. The third-order valence-electron chi connectivity index (χ3n) is 5.53. The van der Waals surface area contributed by atoms with Crippen molar-refractivity contribution in [3.8, 4) is 0 Å². The summed E-state index contributed by atoms with van der Waals surface area (Å²) in [7, 11) is 3.72. The van der Waals surface area contributed by atoms with E-state index in [1.807, 2.05) is 43.5 Å². The first-order valence-electron chi connectivity index (χ1n) is 10.3. The molecule has 2 N–H and O–H groups in total. The molecular weight excluding hydrogens is 438 g/mol. The van der Waals surface area contributed by atoms with Crippen molar-refractivity contribution >= 4 is 45.1 Å². The first-order chi connectivity index (χ1) is 16.0. The van der Waals surface area contributed by atoms with Crippen LogP contribution < -0.4 is 5.56 Å². The van der Waals surface area contributed by atoms with Crippen molar-refractivity contribution in [2.45, 2.75) is 13.0 Å². The first kappa shape index (κ1) is 20.8. The van der Waals surface area contributed by atoms with Crippen molar-refractivity contribution in [1.29, 1.82) is 0 Å². The Morgan fingerprint density at radius 3 is 2.94 bits per heavy atom. The fourth-order valence-electron chi connectivity index (χ4n) is 3.85. The van der Waals surface area contributed by atoms with Crippen molar-refractivity contribution in [1.82, 2.24) is 29.7 Å². The van der Waals surface area contributed by atoms with Gasteiger partial charge in [0, 0.05) is 43.7 Å². The van der Waals surface area contributed by atoms with Crippen molar-refractivity contribution in [2.24, 2.45) is 12.1 Å². The number of thiazole rings is 1. The molecule has 0 amide bonds. The lowest BCUT2D eigenvalue weighted by atomic mass is 10.1. The molecular formula is C23H21N7O2S. The molecule has 0 aliphatic carbocycles. The van der Waals surface area contributed by atoms with Gasteiger partial charge in [0.1, 0.15) is 5.01 Å². The predicted molar refractivity (Wildman–Crippen MR) is 129 cm³/mol. The van der Waals surface area contributed by atoms with E-state index in [4.69, 9.17) is 4.98 Å². The first-order valence-corrected chi connectivity index (χ1v) is 11.1. The number of carbonyl (C=O) groups excluding carboxylic acids is 1. The molecule has 0 saturated carbocycles. The molecule has 9 nitrogen and oxygen atoms in total. The Kier molecular flexibility index (Phi) is 5.35. The van der Waals surface area contributed by atoms with Crippen LogP contribution in [0.25, 0.3) is 21.3 Å². The van der Waals surface area contributed by atoms with Gasteiger partial charge in [0.2, 0.25) is 5.56 Å². The Labute approximate surface area is 192 Å². The van der Waals surface area contributed by atoms with E-state index in [0.717, 1.165) is 49.2 Å². The molecule has 0 atom stereocenters. The van der Waals surface area contributed by atoms with Gasteiger partial charge in [-0.25, -0.2) is 4.98 Å². The molecule has 166 valence electrons. The number of fused-ring (bicyclic) bond motifs is 2. The maximum atomic E-state index is 11.8. The van der Waals surface area contributed by atoms with Crippen LogP contribution in [0.3, 0.4) is 0 Å². The van der Waals surface area contributed by atoms with Gasteiger partial charge in [-0.3, -0.25) is 19.7 Å². The zero-order valence-corrected chi connectivity index (χ0v) is 18.9. The van der Waals surface area contributed by atoms with Crippen LogP contribution in [-0.4, -0.2) is 49.3 Å². The third kappa shape index (κ3) is 3.96. The Morgan fingerprint density at radius 2 is 2.15 bits per heavy atom. The van der Waals surface area contributed by atoms with Crippen molar-refractivity contribution in [2.75, 3.05) is 7.05 Å². The molecule has 0 spiro atoms. The summed E-state index contributed by atoms with van der Waals surface area (Å²) in [6.45, 7) is 0.597. The fraction of sp³-hybridized carbons (Fsp3) is 0.174. The van der Waals surface area contributed by atoms with E-state index in [1.165, 1.54) is 17.4 Å². The van der Waals surface area contributed by atoms with Crippen LogP contribution in [-0.2, 0) is 20.0 Å². The number of rotatable bonds is 7. The molecule has 0 bridgehead atoms. The van der Waals surface area contributed by atoms with E-state index in [0.29, 0.717) is 18.7 Å². The Hall–Kier alpha value is -4.05. The minimum atomic E-state index is -0.134. The zero-order chi connectivity index (χ0) is 22.9. The fourth-order valence-corrected chi connectivity index (χ4v) is 5.00. The van der Waals surface area contributed by atoms with Crippen molar-refractivity contribution < 1.29 is 4.79 Å². The van der Waals surface area contributed by atoms with E-state index < -0.39 is 0 Å². The molecule has 4 aromatic heterocycles. The summed E-state index contributed by atoms with van der Waals surface area (Å²) >= 11 is 1.53. The number of hydrazone groups is 1. The van der Waals surface area contributed by atoms with Gasteiger partial charge in [-0.15, -0.1) is 11.3 Å². The normalized spacial score (nSPS) is 11.7. The molecule has 10 heteroatoms. The number of hydrogen-bond acceptors (Lipinski definition) is 7. The second kappa shape index (κ2) is 8.47. The minimum absolute atomic E-state index is 0.134. The van der Waals surface area contributed by atoms with Crippen LogP contribution in [0.15, 0.2) is 52.6 Å². The van der Waals surface area contributed by atoms with Gasteiger partial charge in [-0.05, 0) is 17.2 Å². The second-order valence-electron chi connectivity index (χ2n) is 7.78. The molecule has 0 fully saturated rings. The van der Waals surface area contributed by atoms with E-state index in [-0.39, 0.29) is 5.56 Å². The average molecular weight is 460 g/mol. The Morgan fingerprint density at radius 1 is 1.27 bits per heavy atom. The van der Waals surface area contributed by atoms with E-state index >= 15 is 0 Å². The molecule has 1 aromatic carbocycles. The molecule has 0 aliphatic rings. The molecule has 4 heterocycles. The zero-order valence-electron chi connectivity index (χ0n) is 18.1. The average Bonchev–Trinajstić information content (AvgIpc) is 3.50. The monoisotopic (exact) mass is 459 g/mol. The number of aldehydes is 1. The summed E-state index contributed by atoms with van der Waals surface area (Å²) < 4.78 is 2.70. The van der Waals surface area contributed by atoms with E-state index in [9.17, 15) is 9.59 Å². The van der Waals surface area contributed by atoms with Gasteiger partial charge >= 0.3 is 0 Å². The summed E-state index contributed by atoms with van der Waals surface area (Å²) in [5, 5.41) is 15.5. The third-order valence-corrected chi connectivity index (χ3v) is 6.60. The van der Waals surface area contributed by atoms with Crippen molar-refractivity contribution in [3.63, 3.8) is 0 Å². The minimum Gasteiger partial charge on any atom is -0.329 e. The molecule has 5 rings (SSSR count). The lowest BCUT2D eigenvalue weighted by Crippen LogP contribution is -2.11. The highest BCUT2D eigenvalue weighted by Crippen LogP contribution is 2.30. The van der Waals surface area contributed by atoms with Gasteiger partial charge in [-0.1, -0.05) is 18.2 Å². The maximum Gasteiger partial charge on any atom is 0.247 e. The predicted octanol–water partition coefficient (Wildman–Crippen LogP) is 3.07. The summed E-state index contributed by atoms with van der Waals surface area (Å²) in [6, 6.07) is 9.32. The number of aryl methyl sites for hydroxylation is 1. The largest absolute Gasteiger partial charge is 0.329 e. The summed E-state index contributed by atoms with van der Waals surface area (Å²) in [4.78, 5) is 30.5. The van der Waals surface area contributed by atoms with Crippen LogP contribution in [0.2, 0.25) is 0 Å². The molecule has 0 aliphatic heterocycles. The number of benzene rings is 1. The van der Waals surface area contributed by atoms with Gasteiger partial charge in [0.15, 0.2) is 11.9 Å². The Bertz CT molecular complexity index is 1540. The highest BCUT2D eigenvalue weighted by Gasteiger charge is 2.18. The van der Waals surface area contributed by atoms with Crippen LogP contribution in [0.5, 0.6) is 0 Å². The molecule has 0 saturated heterocycles. The number of pyridine rings is 1. The smallest absolute Gasteiger partial charge is 0.247 e. The van der Waals surface area contributed by atoms with Gasteiger partial charge < -0.3 is 9.55 Å². The quantitative estimate of drug-likeness (QED) is 0.221. The number of aromatic nitrogens is 5. The van der Waals surface area contributed by atoms with Crippen LogP contribution >= 0.6 is 11.3 Å². The van der Waals surface area contributed by atoms with Crippen LogP contribution in [0, 0.1) is 0 Å². The Balaban J connectivity index is 1.43. The number of H-pyrrole nitrogens is 2. The van der Waals surface area contributed by atoms with E-state index in [1.54, 1.807) is 23.0 Å². The number of carbonyl (C=O) groups is 1. The molecule has 0 radical (unpaired) electrons. The number of aromatic amines is 2. The van der Waals surface area contributed by atoms with Crippen LogP contribution in [0.1, 0.15) is 32.2 Å². The van der Waals surface area contributed by atoms with Gasteiger partial charge in [-0.2, -0.15) is 10.2 Å². The van der Waals surface area contributed by atoms with Gasteiger partial charge in [0.25, 0.3) is 0 Å². The highest BCUT2D eigenvalue weighted by molar-refractivity contribution is 7.19. The van der Waals surface area contributed by atoms with Crippen LogP contribution in [0.4, 0.5) is 0 Å². The van der Waals surface area contributed by atoms with Gasteiger partial charge in [0.05, 0.1) is 34.9 Å². The summed E-state index contributed by atoms with van der Waals surface area (Å²) in [5.41, 5.74) is 4.95. The molecule has 33 heavy (non-hydrogen) atoms. The number of hydrogen-bond donors (Lipinski definition) is 2. The number of nitrogens with zero attached hydrogens (tertiary/aromatic N) is 5. The maximum absolute atomic E-state index is 11.8. The topological polar surface area (TPSA) is 112 Å². The second-order valence-corrected chi connectivity index (χ2v) is 8.87. The lowest BCUT2D eigenvalue weighted by molar-refractivity contribution is 0.111. The number of nitrogens with one attached hydrogen (secondary N) is 2. The SMILES string of the molecule is CN(Cc1cccc2[nH]ncc12)/N=C\c1c(C=O)n(C)c2nc(Cc3ccc(=O)[nH]c3)sc12. The summed E-state index contributed by atoms with van der Waals surface area (Å²) in [6.07, 6.45) is 6.67. The highest BCUT2D eigenvalue weighted by atomic mass is 32.1. The van der Waals surface area contributed by atoms with E-state index in [2.05, 4.69) is 20.3 Å².